The number of carbonyl (C=O) groups is 2. The zero-order valence-corrected chi connectivity index (χ0v) is 25.6. The van der Waals surface area contributed by atoms with Crippen LogP contribution in [0.15, 0.2) is 6.33 Å². The lowest BCUT2D eigenvalue weighted by Gasteiger charge is -2.28. The molecule has 0 amide bonds. The Hall–Kier alpha value is -3.15. The smallest absolute Gasteiger partial charge is 0.476 e. The molecule has 3 rings (SSSR count). The average Bonchev–Trinajstić information content (AvgIpc) is 3.50. The third-order valence-corrected chi connectivity index (χ3v) is 7.96. The summed E-state index contributed by atoms with van der Waals surface area (Å²) >= 11 is 0. The number of nitrogens with zero attached hydrogens (tertiary/aromatic N) is 4. The van der Waals surface area contributed by atoms with Gasteiger partial charge in [-0.05, 0) is 26.7 Å². The summed E-state index contributed by atoms with van der Waals surface area (Å²) in [6.07, 6.45) is -5.07. The van der Waals surface area contributed by atoms with Crippen LogP contribution in [-0.4, -0.2) is 94.9 Å². The van der Waals surface area contributed by atoms with E-state index in [4.69, 9.17) is 38.5 Å². The summed E-state index contributed by atoms with van der Waals surface area (Å²) in [5.41, 5.74) is 6.22. The number of nitrogens with two attached hydrogens (primary N) is 1. The highest BCUT2D eigenvalue weighted by molar-refractivity contribution is 7.51. The normalized spacial score (nSPS) is 23.1. The molecule has 2 aromatic heterocycles. The summed E-state index contributed by atoms with van der Waals surface area (Å²) in [7, 11) is -3.37. The number of anilines is 1. The highest BCUT2D eigenvalue weighted by atomic mass is 31.2. The number of aliphatic hydroxyl groups is 1. The number of halogens is 1. The van der Waals surface area contributed by atoms with E-state index in [1.54, 1.807) is 27.7 Å². The molecule has 3 heterocycles. The van der Waals surface area contributed by atoms with E-state index < -0.39 is 75.8 Å². The molecule has 0 spiro atoms. The van der Waals surface area contributed by atoms with E-state index in [2.05, 4.69) is 20.0 Å². The van der Waals surface area contributed by atoms with Crippen molar-refractivity contribution in [3.8, 4) is 5.88 Å². The van der Waals surface area contributed by atoms with Crippen molar-refractivity contribution in [2.24, 2.45) is 11.8 Å². The fourth-order valence-electron chi connectivity index (χ4n) is 4.25. The van der Waals surface area contributed by atoms with Gasteiger partial charge in [0.05, 0.1) is 46.0 Å². The number of alkyl halides is 1. The van der Waals surface area contributed by atoms with Crippen LogP contribution >= 0.6 is 7.75 Å². The number of rotatable bonds is 15. The summed E-state index contributed by atoms with van der Waals surface area (Å²) < 4.78 is 66.3. The van der Waals surface area contributed by atoms with E-state index in [1.165, 1.54) is 17.8 Å². The van der Waals surface area contributed by atoms with Crippen molar-refractivity contribution in [1.82, 2.24) is 24.6 Å². The number of hydrogen-bond acceptors (Lipinski definition) is 15. The topological polar surface area (TPSA) is 218 Å². The molecule has 0 aliphatic carbocycles. The molecule has 1 aliphatic rings. The molecule has 19 heteroatoms. The monoisotopic (exact) mass is 636 g/mol. The van der Waals surface area contributed by atoms with Gasteiger partial charge in [0.15, 0.2) is 17.4 Å². The van der Waals surface area contributed by atoms with Crippen molar-refractivity contribution < 1.29 is 56.4 Å². The van der Waals surface area contributed by atoms with E-state index in [-0.39, 0.29) is 36.2 Å². The quantitative estimate of drug-likeness (QED) is 0.145. The number of methoxy groups -OCH3 is 1. The second-order valence-electron chi connectivity index (χ2n) is 9.66. The predicted molar refractivity (Wildman–Crippen MR) is 146 cm³/mol. The maximum atomic E-state index is 14.2. The van der Waals surface area contributed by atoms with E-state index in [1.807, 2.05) is 0 Å². The number of imidazole rings is 1. The van der Waals surface area contributed by atoms with Crippen LogP contribution in [0.5, 0.6) is 5.88 Å². The first-order valence-corrected chi connectivity index (χ1v) is 15.1. The highest BCUT2D eigenvalue weighted by Gasteiger charge is 2.47. The third-order valence-electron chi connectivity index (χ3n) is 6.30. The third kappa shape index (κ3) is 8.27. The molecule has 43 heavy (non-hydrogen) atoms. The fraction of sp³-hybridized carbons (Fsp3) is 0.708. The zero-order chi connectivity index (χ0) is 31.9. The van der Waals surface area contributed by atoms with Crippen molar-refractivity contribution >= 4 is 37.0 Å². The lowest BCUT2D eigenvalue weighted by Crippen LogP contribution is -2.42. The number of esters is 1. The largest absolute Gasteiger partial charge is 0.510 e. The minimum atomic E-state index is -4.52. The van der Waals surface area contributed by atoms with Gasteiger partial charge in [0.25, 0.3) is 0 Å². The number of nitrogen functional groups attached to an aromatic ring is 1. The maximum absolute atomic E-state index is 14.2. The number of hydrogen-bond donors (Lipinski definition) is 3. The van der Waals surface area contributed by atoms with Crippen LogP contribution in [0.1, 0.15) is 40.8 Å². The van der Waals surface area contributed by atoms with E-state index in [0.717, 1.165) is 7.11 Å². The molecule has 1 saturated heterocycles. The van der Waals surface area contributed by atoms with Gasteiger partial charge in [-0.2, -0.15) is 9.97 Å². The molecule has 0 saturated carbocycles. The molecule has 4 N–H and O–H groups in total. The minimum Gasteiger partial charge on any atom is -0.476 e. The number of carbonyl (C=O) groups excluding carboxylic acids is 2. The Morgan fingerprint density at radius 1 is 1.26 bits per heavy atom. The number of aliphatic hydroxyl groups excluding tert-OH is 1. The van der Waals surface area contributed by atoms with Gasteiger partial charge in [-0.15, -0.1) is 0 Å². The van der Waals surface area contributed by atoms with Gasteiger partial charge in [-0.25, -0.2) is 19.4 Å². The SMILES string of the molecule is CCOC(=O)OC(C)OP(=O)(NC(C(=O)OC)C(C)C)OCC1OC(n2cnc3c(OCC)nc(N)nc32)C(O)C1CF. The Morgan fingerprint density at radius 3 is 2.58 bits per heavy atom. The molecule has 7 unspecified atom stereocenters. The van der Waals surface area contributed by atoms with Gasteiger partial charge in [0, 0.05) is 5.92 Å². The van der Waals surface area contributed by atoms with E-state index in [0.29, 0.717) is 0 Å². The van der Waals surface area contributed by atoms with Crippen molar-refractivity contribution in [2.75, 3.05) is 39.3 Å². The van der Waals surface area contributed by atoms with E-state index in [9.17, 15) is 23.7 Å². The highest BCUT2D eigenvalue weighted by Crippen LogP contribution is 2.48. The summed E-state index contributed by atoms with van der Waals surface area (Å²) in [6, 6.07) is -1.17. The molecule has 7 atom stereocenters. The maximum Gasteiger partial charge on any atom is 0.510 e. The molecule has 2 aromatic rings. The van der Waals surface area contributed by atoms with Gasteiger partial charge < -0.3 is 34.5 Å². The Labute approximate surface area is 247 Å². The van der Waals surface area contributed by atoms with Crippen molar-refractivity contribution in [3.05, 3.63) is 6.33 Å². The van der Waals surface area contributed by atoms with Crippen molar-refractivity contribution in [3.63, 3.8) is 0 Å². The fourth-order valence-corrected chi connectivity index (χ4v) is 5.97. The summed E-state index contributed by atoms with van der Waals surface area (Å²) in [4.78, 5) is 36.6. The van der Waals surface area contributed by atoms with E-state index >= 15 is 0 Å². The lowest BCUT2D eigenvalue weighted by molar-refractivity contribution is -0.144. The summed E-state index contributed by atoms with van der Waals surface area (Å²) in [5.74, 6) is -2.38. The number of fused-ring (bicyclic) bond motifs is 1. The minimum absolute atomic E-state index is 0.0145. The lowest BCUT2D eigenvalue weighted by atomic mass is 10.00. The molecule has 0 radical (unpaired) electrons. The molecular formula is C24H38FN6O11P. The number of ether oxygens (including phenoxy) is 5. The van der Waals surface area contributed by atoms with Crippen LogP contribution in [0.2, 0.25) is 0 Å². The van der Waals surface area contributed by atoms with Crippen molar-refractivity contribution in [1.29, 1.82) is 0 Å². The van der Waals surface area contributed by atoms with Gasteiger partial charge in [-0.3, -0.25) is 22.8 Å². The van der Waals surface area contributed by atoms with Gasteiger partial charge in [0.1, 0.15) is 12.1 Å². The zero-order valence-electron chi connectivity index (χ0n) is 24.7. The molecule has 0 bridgehead atoms. The van der Waals surface area contributed by atoms with Crippen molar-refractivity contribution in [2.45, 2.75) is 65.4 Å². The molecule has 0 aromatic carbocycles. The van der Waals surface area contributed by atoms with Gasteiger partial charge >= 0.3 is 19.9 Å². The Balaban J connectivity index is 1.86. The first kappa shape index (κ1) is 34.3. The molecule has 1 aliphatic heterocycles. The van der Waals surface area contributed by atoms with Gasteiger partial charge in [0.2, 0.25) is 18.1 Å². The first-order valence-electron chi connectivity index (χ1n) is 13.5. The van der Waals surface area contributed by atoms with Crippen LogP contribution in [0.4, 0.5) is 15.1 Å². The second kappa shape index (κ2) is 15.0. The van der Waals surface area contributed by atoms with Crippen LogP contribution in [0.3, 0.4) is 0 Å². The Morgan fingerprint density at radius 2 is 1.98 bits per heavy atom. The molecule has 1 fully saturated rings. The van der Waals surface area contributed by atoms with Crippen LogP contribution in [0, 0.1) is 11.8 Å². The standard InChI is InChI=1S/C24H38FN6O11P/c1-7-37-20-17-19(28-23(26)29-20)31(11-27-17)21-18(32)14(9-25)15(41-21)10-39-43(35,30-16(12(3)4)22(33)36-6)42-13(5)40-24(34)38-8-2/h11-16,18,21,32H,7-10H2,1-6H3,(H,30,35)(H2,26,28,29). The van der Waals surface area contributed by atoms with Crippen LogP contribution in [-0.2, 0) is 37.4 Å². The second-order valence-corrected chi connectivity index (χ2v) is 11.4. The summed E-state index contributed by atoms with van der Waals surface area (Å²) in [5, 5.41) is 13.5. The van der Waals surface area contributed by atoms with Crippen LogP contribution < -0.4 is 15.6 Å². The Kier molecular flexibility index (Phi) is 12.0. The predicted octanol–water partition coefficient (Wildman–Crippen LogP) is 2.10. The number of nitrogens with one attached hydrogen (secondary N) is 1. The first-order chi connectivity index (χ1) is 20.4. The molecule has 242 valence electrons. The van der Waals surface area contributed by atoms with Crippen LogP contribution in [0.25, 0.3) is 11.2 Å². The molecule has 17 nitrogen and oxygen atoms in total. The Bertz CT molecular complexity index is 1300. The molecular weight excluding hydrogens is 598 g/mol. The summed E-state index contributed by atoms with van der Waals surface area (Å²) in [6.45, 7) is 6.52. The average molecular weight is 637 g/mol. The number of aromatic nitrogens is 4. The van der Waals surface area contributed by atoms with Gasteiger partial charge in [-0.1, -0.05) is 13.8 Å².